The second-order valence-electron chi connectivity index (χ2n) is 6.36. The molecule has 23 heavy (non-hydrogen) atoms. The highest BCUT2D eigenvalue weighted by Gasteiger charge is 2.26. The molecule has 0 saturated heterocycles. The first kappa shape index (κ1) is 17.4. The smallest absolute Gasteiger partial charge is 0.241 e. The number of rotatable bonds is 4. The lowest BCUT2D eigenvalue weighted by atomic mass is 10.1. The van der Waals surface area contributed by atoms with Crippen molar-refractivity contribution in [3.05, 3.63) is 42.1 Å². The van der Waals surface area contributed by atoms with Crippen LogP contribution >= 0.6 is 0 Å². The third-order valence-electron chi connectivity index (χ3n) is 3.09. The van der Waals surface area contributed by atoms with Crippen molar-refractivity contribution < 1.29 is 13.2 Å². The van der Waals surface area contributed by atoms with Gasteiger partial charge < -0.3 is 4.74 Å². The molecule has 0 atom stereocenters. The van der Waals surface area contributed by atoms with Crippen molar-refractivity contribution in [2.75, 3.05) is 7.11 Å². The topological polar surface area (TPSA) is 68.3 Å². The van der Waals surface area contributed by atoms with E-state index < -0.39 is 15.6 Å². The van der Waals surface area contributed by atoms with Gasteiger partial charge in [-0.05, 0) is 45.9 Å². The molecule has 0 aliphatic heterocycles. The van der Waals surface area contributed by atoms with Gasteiger partial charge in [0.15, 0.2) is 0 Å². The Labute approximate surface area is 137 Å². The van der Waals surface area contributed by atoms with Gasteiger partial charge in [0, 0.05) is 16.8 Å². The number of sulfonamides is 1. The lowest BCUT2D eigenvalue weighted by molar-refractivity contribution is 0.414. The Hall–Kier alpha value is -1.92. The first-order valence-electron chi connectivity index (χ1n) is 7.29. The standard InChI is InChI=1S/C17H22N2O3S/c1-12-10-11-14(22-5)16(18-12)13-8-6-7-9-15(13)23(20,21)19-17(2,3)4/h6-11,19H,1-5H3. The molecule has 0 saturated carbocycles. The molecule has 6 heteroatoms. The van der Waals surface area contributed by atoms with E-state index in [4.69, 9.17) is 4.74 Å². The maximum atomic E-state index is 12.7. The number of hydrogen-bond donors (Lipinski definition) is 1. The summed E-state index contributed by atoms with van der Waals surface area (Å²) in [5, 5.41) is 0. The van der Waals surface area contributed by atoms with Crippen LogP contribution in [0.25, 0.3) is 11.3 Å². The van der Waals surface area contributed by atoms with Crippen molar-refractivity contribution in [1.82, 2.24) is 9.71 Å². The zero-order chi connectivity index (χ0) is 17.3. The molecule has 0 aliphatic carbocycles. The quantitative estimate of drug-likeness (QED) is 0.932. The minimum atomic E-state index is -3.68. The number of nitrogens with one attached hydrogen (secondary N) is 1. The van der Waals surface area contributed by atoms with E-state index >= 15 is 0 Å². The molecule has 0 radical (unpaired) electrons. The van der Waals surface area contributed by atoms with Crippen LogP contribution in [0, 0.1) is 6.92 Å². The number of ether oxygens (including phenoxy) is 1. The van der Waals surface area contributed by atoms with E-state index in [1.54, 1.807) is 58.2 Å². The normalized spacial score (nSPS) is 12.2. The third-order valence-corrected chi connectivity index (χ3v) is 4.91. The van der Waals surface area contributed by atoms with Crippen LogP contribution in [0.15, 0.2) is 41.3 Å². The maximum absolute atomic E-state index is 12.7. The fourth-order valence-electron chi connectivity index (χ4n) is 2.26. The molecule has 2 aromatic rings. The van der Waals surface area contributed by atoms with Crippen molar-refractivity contribution in [3.63, 3.8) is 0 Å². The summed E-state index contributed by atoms with van der Waals surface area (Å²) in [7, 11) is -2.14. The molecule has 0 unspecified atom stereocenters. The predicted octanol–water partition coefficient (Wildman–Crippen LogP) is 3.14. The monoisotopic (exact) mass is 334 g/mol. The summed E-state index contributed by atoms with van der Waals surface area (Å²) in [6, 6.07) is 10.4. The second-order valence-corrected chi connectivity index (χ2v) is 8.01. The Morgan fingerprint density at radius 3 is 2.35 bits per heavy atom. The molecule has 2 rings (SSSR count). The zero-order valence-corrected chi connectivity index (χ0v) is 14.9. The molecule has 1 N–H and O–H groups in total. The summed E-state index contributed by atoms with van der Waals surface area (Å²) in [6.45, 7) is 7.27. The van der Waals surface area contributed by atoms with E-state index in [2.05, 4.69) is 9.71 Å². The highest BCUT2D eigenvalue weighted by Crippen LogP contribution is 2.33. The van der Waals surface area contributed by atoms with E-state index in [0.717, 1.165) is 5.69 Å². The molecule has 124 valence electrons. The predicted molar refractivity (Wildman–Crippen MR) is 91.0 cm³/mol. The fraction of sp³-hybridized carbons (Fsp3) is 0.353. The Morgan fingerprint density at radius 1 is 1.09 bits per heavy atom. The van der Waals surface area contributed by atoms with Crippen LogP contribution in [0.5, 0.6) is 5.75 Å². The van der Waals surface area contributed by atoms with Gasteiger partial charge in [-0.2, -0.15) is 0 Å². The Kier molecular flexibility index (Phi) is 4.77. The summed E-state index contributed by atoms with van der Waals surface area (Å²) >= 11 is 0. The maximum Gasteiger partial charge on any atom is 0.241 e. The molecular weight excluding hydrogens is 312 g/mol. The van der Waals surface area contributed by atoms with E-state index in [1.807, 2.05) is 13.0 Å². The molecule has 1 aromatic heterocycles. The fourth-order valence-corrected chi connectivity index (χ4v) is 3.88. The largest absolute Gasteiger partial charge is 0.494 e. The minimum Gasteiger partial charge on any atom is -0.494 e. The average molecular weight is 334 g/mol. The van der Waals surface area contributed by atoms with Gasteiger partial charge in [0.1, 0.15) is 11.4 Å². The molecule has 1 aromatic carbocycles. The van der Waals surface area contributed by atoms with Crippen molar-refractivity contribution in [2.24, 2.45) is 0 Å². The van der Waals surface area contributed by atoms with Crippen LogP contribution in [-0.4, -0.2) is 26.1 Å². The molecule has 0 fully saturated rings. The first-order chi connectivity index (χ1) is 10.6. The number of methoxy groups -OCH3 is 1. The van der Waals surface area contributed by atoms with Gasteiger partial charge in [-0.3, -0.25) is 0 Å². The number of pyridine rings is 1. The average Bonchev–Trinajstić information content (AvgIpc) is 2.45. The first-order valence-corrected chi connectivity index (χ1v) is 8.77. The Balaban J connectivity index is 2.66. The molecule has 0 amide bonds. The van der Waals surface area contributed by atoms with Crippen molar-refractivity contribution in [3.8, 4) is 17.0 Å². The molecule has 0 spiro atoms. The minimum absolute atomic E-state index is 0.186. The number of benzene rings is 1. The van der Waals surface area contributed by atoms with E-state index in [1.165, 1.54) is 0 Å². The van der Waals surface area contributed by atoms with Crippen LogP contribution in [0.2, 0.25) is 0 Å². The molecule has 1 heterocycles. The van der Waals surface area contributed by atoms with E-state index in [0.29, 0.717) is 17.0 Å². The van der Waals surface area contributed by atoms with E-state index in [9.17, 15) is 8.42 Å². The van der Waals surface area contributed by atoms with Crippen molar-refractivity contribution in [1.29, 1.82) is 0 Å². The van der Waals surface area contributed by atoms with Gasteiger partial charge in [0.25, 0.3) is 0 Å². The van der Waals surface area contributed by atoms with Crippen LogP contribution in [0.4, 0.5) is 0 Å². The third kappa shape index (κ3) is 4.09. The lowest BCUT2D eigenvalue weighted by Crippen LogP contribution is -2.40. The van der Waals surface area contributed by atoms with Gasteiger partial charge in [-0.25, -0.2) is 18.1 Å². The summed E-state index contributed by atoms with van der Waals surface area (Å²) in [5.41, 5.74) is 1.25. The van der Waals surface area contributed by atoms with Crippen molar-refractivity contribution in [2.45, 2.75) is 38.1 Å². The molecule has 0 bridgehead atoms. The van der Waals surface area contributed by atoms with Gasteiger partial charge in [-0.1, -0.05) is 18.2 Å². The van der Waals surface area contributed by atoms with Gasteiger partial charge in [-0.15, -0.1) is 0 Å². The van der Waals surface area contributed by atoms with Crippen LogP contribution in [-0.2, 0) is 10.0 Å². The Bertz CT molecular complexity index is 809. The number of aromatic nitrogens is 1. The molecular formula is C17H22N2O3S. The number of nitrogens with zero attached hydrogens (tertiary/aromatic N) is 1. The van der Waals surface area contributed by atoms with Crippen LogP contribution in [0.3, 0.4) is 0 Å². The Morgan fingerprint density at radius 2 is 1.74 bits per heavy atom. The summed E-state index contributed by atoms with van der Waals surface area (Å²) < 4.78 is 33.5. The molecule has 5 nitrogen and oxygen atoms in total. The number of hydrogen-bond acceptors (Lipinski definition) is 4. The number of aryl methyl sites for hydroxylation is 1. The summed E-state index contributed by atoms with van der Waals surface area (Å²) in [6.07, 6.45) is 0. The summed E-state index contributed by atoms with van der Waals surface area (Å²) in [4.78, 5) is 4.65. The zero-order valence-electron chi connectivity index (χ0n) is 14.0. The van der Waals surface area contributed by atoms with Crippen LogP contribution < -0.4 is 9.46 Å². The highest BCUT2D eigenvalue weighted by molar-refractivity contribution is 7.89. The van der Waals surface area contributed by atoms with Gasteiger partial charge in [0.2, 0.25) is 10.0 Å². The summed E-state index contributed by atoms with van der Waals surface area (Å²) in [5.74, 6) is 0.536. The van der Waals surface area contributed by atoms with Crippen LogP contribution in [0.1, 0.15) is 26.5 Å². The van der Waals surface area contributed by atoms with Gasteiger partial charge in [0.05, 0.1) is 12.0 Å². The van der Waals surface area contributed by atoms with E-state index in [-0.39, 0.29) is 4.90 Å². The van der Waals surface area contributed by atoms with Crippen molar-refractivity contribution >= 4 is 10.0 Å². The van der Waals surface area contributed by atoms with Gasteiger partial charge >= 0.3 is 0 Å². The SMILES string of the molecule is COc1ccc(C)nc1-c1ccccc1S(=O)(=O)NC(C)(C)C. The highest BCUT2D eigenvalue weighted by atomic mass is 32.2. The second kappa shape index (κ2) is 6.29. The molecule has 0 aliphatic rings. The lowest BCUT2D eigenvalue weighted by Gasteiger charge is -2.21.